The maximum Gasteiger partial charge on any atom is 0.0494 e. The van der Waals surface area contributed by atoms with Crippen molar-refractivity contribution in [2.75, 3.05) is 31.7 Å². The van der Waals surface area contributed by atoms with Gasteiger partial charge in [-0.05, 0) is 25.0 Å². The van der Waals surface area contributed by atoms with Gasteiger partial charge in [-0.25, -0.2) is 0 Å². The summed E-state index contributed by atoms with van der Waals surface area (Å²) in [5, 5.41) is 12.3. The molecule has 0 aliphatic rings. The maximum absolute atomic E-state index is 8.95. The molecule has 2 N–H and O–H groups in total. The molecule has 3 heteroatoms. The molecule has 2 nitrogen and oxygen atoms in total. The van der Waals surface area contributed by atoms with Crippen LogP contribution in [0.5, 0.6) is 0 Å². The van der Waals surface area contributed by atoms with Crippen LogP contribution >= 0.6 is 11.8 Å². The fourth-order valence-corrected chi connectivity index (χ4v) is 1.26. The van der Waals surface area contributed by atoms with E-state index in [1.54, 1.807) is 0 Å². The molecule has 0 aromatic heterocycles. The fourth-order valence-electron chi connectivity index (χ4n) is 0.824. The Morgan fingerprint density at radius 3 is 2.58 bits per heavy atom. The van der Waals surface area contributed by atoms with Crippen LogP contribution in [-0.4, -0.2) is 36.8 Å². The van der Waals surface area contributed by atoms with Crippen LogP contribution in [-0.2, 0) is 0 Å². The summed E-state index contributed by atoms with van der Waals surface area (Å²) in [5.41, 5.74) is 0.0271. The number of aliphatic hydroxyl groups excluding tert-OH is 1. The van der Waals surface area contributed by atoms with Crippen molar-refractivity contribution in [1.82, 2.24) is 5.32 Å². The Kier molecular flexibility index (Phi) is 6.90. The predicted molar refractivity (Wildman–Crippen MR) is 56.7 cm³/mol. The van der Waals surface area contributed by atoms with Crippen molar-refractivity contribution in [3.05, 3.63) is 0 Å². The number of nitrogens with one attached hydrogen (secondary N) is 1. The lowest BCUT2D eigenvalue weighted by molar-refractivity contribution is 0.157. The van der Waals surface area contributed by atoms with Crippen molar-refractivity contribution < 1.29 is 5.11 Å². The lowest BCUT2D eigenvalue weighted by Gasteiger charge is -2.21. The quantitative estimate of drug-likeness (QED) is 0.596. The molecule has 0 rings (SSSR count). The lowest BCUT2D eigenvalue weighted by Crippen LogP contribution is -2.32. The van der Waals surface area contributed by atoms with Gasteiger partial charge in [0.15, 0.2) is 0 Å². The molecule has 12 heavy (non-hydrogen) atoms. The molecule has 0 unspecified atom stereocenters. The van der Waals surface area contributed by atoms with E-state index in [1.807, 2.05) is 11.8 Å². The van der Waals surface area contributed by atoms with Crippen LogP contribution in [0.2, 0.25) is 0 Å². The Labute approximate surface area is 80.1 Å². The van der Waals surface area contributed by atoms with Crippen LogP contribution in [0.3, 0.4) is 0 Å². The second kappa shape index (κ2) is 6.75. The van der Waals surface area contributed by atoms with Gasteiger partial charge >= 0.3 is 0 Å². The molecule has 0 spiro atoms. The highest BCUT2D eigenvalue weighted by Gasteiger charge is 2.14. The topological polar surface area (TPSA) is 32.3 Å². The summed E-state index contributed by atoms with van der Waals surface area (Å²) in [5.74, 6) is 1.21. The first-order valence-corrected chi connectivity index (χ1v) is 5.82. The standard InChI is InChI=1S/C9H21NOS/c1-9(2,8-11)7-10-5-4-6-12-3/h10-11H,4-8H2,1-3H3. The number of aliphatic hydroxyl groups is 1. The zero-order chi connectivity index (χ0) is 9.45. The maximum atomic E-state index is 8.95. The number of rotatable bonds is 7. The second-order valence-corrected chi connectivity index (χ2v) is 4.83. The highest BCUT2D eigenvalue weighted by molar-refractivity contribution is 7.98. The first kappa shape index (κ1) is 12.3. The van der Waals surface area contributed by atoms with Gasteiger partial charge in [-0.1, -0.05) is 13.8 Å². The van der Waals surface area contributed by atoms with Crippen molar-refractivity contribution in [1.29, 1.82) is 0 Å². The van der Waals surface area contributed by atoms with Gasteiger partial charge in [0.2, 0.25) is 0 Å². The molecular weight excluding hydrogens is 170 g/mol. The molecule has 0 aliphatic carbocycles. The Hall–Kier alpha value is 0.270. The van der Waals surface area contributed by atoms with E-state index in [-0.39, 0.29) is 12.0 Å². The highest BCUT2D eigenvalue weighted by atomic mass is 32.2. The van der Waals surface area contributed by atoms with Gasteiger partial charge in [0.1, 0.15) is 0 Å². The largest absolute Gasteiger partial charge is 0.396 e. The van der Waals surface area contributed by atoms with E-state index in [0.717, 1.165) is 13.1 Å². The average molecular weight is 191 g/mol. The Bertz CT molecular complexity index is 107. The van der Waals surface area contributed by atoms with Gasteiger partial charge in [0.25, 0.3) is 0 Å². The van der Waals surface area contributed by atoms with Gasteiger partial charge in [-0.3, -0.25) is 0 Å². The predicted octanol–water partition coefficient (Wildman–Crippen LogP) is 1.35. The molecule has 74 valence electrons. The fraction of sp³-hybridized carbons (Fsp3) is 1.00. The van der Waals surface area contributed by atoms with E-state index in [4.69, 9.17) is 5.11 Å². The first-order chi connectivity index (χ1) is 5.62. The minimum absolute atomic E-state index is 0.0271. The van der Waals surface area contributed by atoms with Crippen LogP contribution < -0.4 is 5.32 Å². The summed E-state index contributed by atoms with van der Waals surface area (Å²) in [4.78, 5) is 0. The zero-order valence-electron chi connectivity index (χ0n) is 8.39. The van der Waals surface area contributed by atoms with Gasteiger partial charge in [0.05, 0.1) is 0 Å². The zero-order valence-corrected chi connectivity index (χ0v) is 9.21. The van der Waals surface area contributed by atoms with Crippen LogP contribution in [0.4, 0.5) is 0 Å². The second-order valence-electron chi connectivity index (χ2n) is 3.85. The molecule has 0 atom stereocenters. The summed E-state index contributed by atoms with van der Waals surface area (Å²) in [6.07, 6.45) is 3.33. The molecule has 0 fully saturated rings. The molecule has 0 aromatic rings. The van der Waals surface area contributed by atoms with Gasteiger partial charge in [0, 0.05) is 18.6 Å². The molecule has 0 saturated carbocycles. The summed E-state index contributed by atoms with van der Waals surface area (Å²) in [6, 6.07) is 0. The van der Waals surface area contributed by atoms with E-state index in [1.165, 1.54) is 12.2 Å². The number of thioether (sulfide) groups is 1. The summed E-state index contributed by atoms with van der Waals surface area (Å²) in [7, 11) is 0. The third kappa shape index (κ3) is 6.95. The Morgan fingerprint density at radius 1 is 1.42 bits per heavy atom. The molecule has 0 amide bonds. The monoisotopic (exact) mass is 191 g/mol. The van der Waals surface area contributed by atoms with Crippen LogP contribution in [0.1, 0.15) is 20.3 Å². The van der Waals surface area contributed by atoms with Gasteiger partial charge in [-0.15, -0.1) is 0 Å². The SMILES string of the molecule is CSCCCNCC(C)(C)CO. The Morgan fingerprint density at radius 2 is 2.08 bits per heavy atom. The molecule has 0 heterocycles. The normalized spacial score (nSPS) is 12.0. The van der Waals surface area contributed by atoms with E-state index in [2.05, 4.69) is 25.4 Å². The van der Waals surface area contributed by atoms with E-state index in [9.17, 15) is 0 Å². The summed E-state index contributed by atoms with van der Waals surface area (Å²) in [6.45, 7) is 6.34. The molecular formula is C9H21NOS. The lowest BCUT2D eigenvalue weighted by atomic mass is 9.95. The Balaban J connectivity index is 3.19. The third-order valence-electron chi connectivity index (χ3n) is 1.73. The molecule has 0 aliphatic heterocycles. The molecule has 0 radical (unpaired) electrons. The van der Waals surface area contributed by atoms with Crippen molar-refractivity contribution in [3.8, 4) is 0 Å². The summed E-state index contributed by atoms with van der Waals surface area (Å²) < 4.78 is 0. The molecule has 0 bridgehead atoms. The van der Waals surface area contributed by atoms with Crippen molar-refractivity contribution >= 4 is 11.8 Å². The molecule has 0 aromatic carbocycles. The smallest absolute Gasteiger partial charge is 0.0494 e. The third-order valence-corrected chi connectivity index (χ3v) is 2.43. The van der Waals surface area contributed by atoms with Crippen molar-refractivity contribution in [3.63, 3.8) is 0 Å². The van der Waals surface area contributed by atoms with Crippen molar-refractivity contribution in [2.45, 2.75) is 20.3 Å². The minimum Gasteiger partial charge on any atom is -0.396 e. The van der Waals surface area contributed by atoms with Gasteiger partial charge in [-0.2, -0.15) is 11.8 Å². The van der Waals surface area contributed by atoms with Crippen molar-refractivity contribution in [2.24, 2.45) is 5.41 Å². The van der Waals surface area contributed by atoms with Crippen LogP contribution in [0, 0.1) is 5.41 Å². The minimum atomic E-state index is 0.0271. The molecule has 0 saturated heterocycles. The first-order valence-electron chi connectivity index (χ1n) is 4.43. The average Bonchev–Trinajstić information content (AvgIpc) is 2.04. The van der Waals surface area contributed by atoms with Crippen LogP contribution in [0.25, 0.3) is 0 Å². The van der Waals surface area contributed by atoms with Gasteiger partial charge < -0.3 is 10.4 Å². The van der Waals surface area contributed by atoms with Crippen LogP contribution in [0.15, 0.2) is 0 Å². The van der Waals surface area contributed by atoms with E-state index >= 15 is 0 Å². The summed E-state index contributed by atoms with van der Waals surface area (Å²) >= 11 is 1.88. The van der Waals surface area contributed by atoms with E-state index in [0.29, 0.717) is 0 Å². The highest BCUT2D eigenvalue weighted by Crippen LogP contribution is 2.10. The number of hydrogen-bond donors (Lipinski definition) is 2. The number of hydrogen-bond acceptors (Lipinski definition) is 3. The van der Waals surface area contributed by atoms with E-state index < -0.39 is 0 Å².